The van der Waals surface area contributed by atoms with Crippen molar-refractivity contribution in [1.29, 1.82) is 0 Å². The van der Waals surface area contributed by atoms with Gasteiger partial charge in [0.1, 0.15) is 5.75 Å². The first kappa shape index (κ1) is 13.4. The topological polar surface area (TPSA) is 95.9 Å². The highest BCUT2D eigenvalue weighted by Gasteiger charge is 2.23. The number of rotatable bonds is 3. The van der Waals surface area contributed by atoms with E-state index in [9.17, 15) is 14.7 Å². The Hall–Kier alpha value is -2.08. The van der Waals surface area contributed by atoms with E-state index in [1.165, 1.54) is 12.1 Å². The number of amides is 1. The number of phenols is 1. The predicted octanol–water partition coefficient (Wildman–Crippen LogP) is 1.46. The van der Waals surface area contributed by atoms with Gasteiger partial charge in [-0.1, -0.05) is 0 Å². The standard InChI is InChI=1S/C13H15NO5/c15-9-1-2-11(10(7-9)13(17)18)14-12(16)8-3-5-19-6-4-8/h1-2,7-8,15H,3-6H2,(H,14,16)(H,17,18). The number of nitrogens with one attached hydrogen (secondary N) is 1. The lowest BCUT2D eigenvalue weighted by Crippen LogP contribution is -2.29. The van der Waals surface area contributed by atoms with E-state index in [0.717, 1.165) is 6.07 Å². The van der Waals surface area contributed by atoms with Gasteiger partial charge in [0.15, 0.2) is 0 Å². The summed E-state index contributed by atoms with van der Waals surface area (Å²) in [7, 11) is 0. The van der Waals surface area contributed by atoms with Gasteiger partial charge in [-0.15, -0.1) is 0 Å². The minimum Gasteiger partial charge on any atom is -0.508 e. The summed E-state index contributed by atoms with van der Waals surface area (Å²) < 4.78 is 5.17. The molecular formula is C13H15NO5. The molecular weight excluding hydrogens is 250 g/mol. The number of hydrogen-bond donors (Lipinski definition) is 3. The van der Waals surface area contributed by atoms with Crippen LogP contribution in [0.1, 0.15) is 23.2 Å². The molecule has 19 heavy (non-hydrogen) atoms. The van der Waals surface area contributed by atoms with Gasteiger partial charge in [-0.3, -0.25) is 4.79 Å². The molecule has 1 aliphatic heterocycles. The van der Waals surface area contributed by atoms with Crippen molar-refractivity contribution in [3.63, 3.8) is 0 Å². The molecule has 1 fully saturated rings. The molecule has 0 aliphatic carbocycles. The third-order valence-electron chi connectivity index (χ3n) is 3.08. The molecule has 0 spiro atoms. The van der Waals surface area contributed by atoms with E-state index in [1.54, 1.807) is 0 Å². The number of aromatic carboxylic acids is 1. The van der Waals surface area contributed by atoms with Crippen molar-refractivity contribution in [2.75, 3.05) is 18.5 Å². The lowest BCUT2D eigenvalue weighted by atomic mass is 9.99. The Morgan fingerprint density at radius 1 is 1.26 bits per heavy atom. The molecule has 1 saturated heterocycles. The van der Waals surface area contributed by atoms with Crippen LogP contribution in [0.3, 0.4) is 0 Å². The molecule has 6 heteroatoms. The van der Waals surface area contributed by atoms with Crippen molar-refractivity contribution in [2.45, 2.75) is 12.8 Å². The minimum atomic E-state index is -1.20. The van der Waals surface area contributed by atoms with Crippen LogP contribution in [0.5, 0.6) is 5.75 Å². The number of carbonyl (C=O) groups excluding carboxylic acids is 1. The van der Waals surface area contributed by atoms with Gasteiger partial charge in [-0.25, -0.2) is 4.79 Å². The first-order valence-electron chi connectivity index (χ1n) is 6.03. The van der Waals surface area contributed by atoms with Crippen LogP contribution in [0.4, 0.5) is 5.69 Å². The molecule has 0 unspecified atom stereocenters. The second-order valence-electron chi connectivity index (χ2n) is 4.41. The van der Waals surface area contributed by atoms with Gasteiger partial charge in [0, 0.05) is 19.1 Å². The number of phenolic OH excluding ortho intramolecular Hbond substituents is 1. The highest BCUT2D eigenvalue weighted by molar-refractivity contribution is 6.01. The molecule has 0 atom stereocenters. The number of carboxylic acids is 1. The van der Waals surface area contributed by atoms with E-state index >= 15 is 0 Å². The third kappa shape index (κ3) is 3.23. The zero-order valence-electron chi connectivity index (χ0n) is 10.3. The number of carbonyl (C=O) groups is 2. The number of aromatic hydroxyl groups is 1. The zero-order valence-corrected chi connectivity index (χ0v) is 10.3. The van der Waals surface area contributed by atoms with Crippen LogP contribution in [-0.4, -0.2) is 35.3 Å². The fraction of sp³-hybridized carbons (Fsp3) is 0.385. The Morgan fingerprint density at radius 2 is 1.95 bits per heavy atom. The van der Waals surface area contributed by atoms with E-state index in [2.05, 4.69) is 5.32 Å². The average Bonchev–Trinajstić information content (AvgIpc) is 2.41. The number of carboxylic acid groups (broad SMARTS) is 1. The minimum absolute atomic E-state index is 0.125. The Morgan fingerprint density at radius 3 is 2.58 bits per heavy atom. The van der Waals surface area contributed by atoms with Crippen molar-refractivity contribution in [2.24, 2.45) is 5.92 Å². The molecule has 2 rings (SSSR count). The lowest BCUT2D eigenvalue weighted by molar-refractivity contribution is -0.122. The zero-order chi connectivity index (χ0) is 13.8. The van der Waals surface area contributed by atoms with Crippen LogP contribution in [-0.2, 0) is 9.53 Å². The van der Waals surface area contributed by atoms with Gasteiger partial charge in [-0.2, -0.15) is 0 Å². The number of anilines is 1. The summed E-state index contributed by atoms with van der Waals surface area (Å²) in [4.78, 5) is 23.1. The summed E-state index contributed by atoms with van der Waals surface area (Å²) in [6, 6.07) is 3.84. The van der Waals surface area contributed by atoms with E-state index < -0.39 is 5.97 Å². The Balaban J connectivity index is 2.13. The normalized spacial score (nSPS) is 16.0. The molecule has 0 radical (unpaired) electrons. The monoisotopic (exact) mass is 265 g/mol. The first-order valence-corrected chi connectivity index (χ1v) is 6.03. The third-order valence-corrected chi connectivity index (χ3v) is 3.08. The second-order valence-corrected chi connectivity index (χ2v) is 4.41. The van der Waals surface area contributed by atoms with Gasteiger partial charge >= 0.3 is 5.97 Å². The molecule has 6 nitrogen and oxygen atoms in total. The van der Waals surface area contributed by atoms with E-state index in [0.29, 0.717) is 26.1 Å². The largest absolute Gasteiger partial charge is 0.508 e. The smallest absolute Gasteiger partial charge is 0.337 e. The van der Waals surface area contributed by atoms with Crippen LogP contribution in [0.2, 0.25) is 0 Å². The van der Waals surface area contributed by atoms with Gasteiger partial charge < -0.3 is 20.3 Å². The van der Waals surface area contributed by atoms with Gasteiger partial charge in [0.25, 0.3) is 0 Å². The number of ether oxygens (including phenoxy) is 1. The maximum absolute atomic E-state index is 12.0. The summed E-state index contributed by atoms with van der Waals surface area (Å²) >= 11 is 0. The highest BCUT2D eigenvalue weighted by atomic mass is 16.5. The molecule has 1 aromatic rings. The van der Waals surface area contributed by atoms with Crippen LogP contribution >= 0.6 is 0 Å². The molecule has 1 heterocycles. The summed E-state index contributed by atoms with van der Waals surface area (Å²) in [6.07, 6.45) is 1.26. The molecule has 1 aliphatic rings. The van der Waals surface area contributed by atoms with Crippen molar-refractivity contribution in [3.8, 4) is 5.75 Å². The predicted molar refractivity (Wildman–Crippen MR) is 67.2 cm³/mol. The van der Waals surface area contributed by atoms with E-state index in [4.69, 9.17) is 9.84 Å². The molecule has 3 N–H and O–H groups in total. The molecule has 1 amide bonds. The average molecular weight is 265 g/mol. The maximum atomic E-state index is 12.0. The Kier molecular flexibility index (Phi) is 4.01. The fourth-order valence-corrected chi connectivity index (χ4v) is 2.01. The second kappa shape index (κ2) is 5.71. The van der Waals surface area contributed by atoms with Gasteiger partial charge in [0.05, 0.1) is 11.3 Å². The van der Waals surface area contributed by atoms with Crippen molar-refractivity contribution >= 4 is 17.6 Å². The molecule has 0 bridgehead atoms. The van der Waals surface area contributed by atoms with Crippen LogP contribution in [0.15, 0.2) is 18.2 Å². The van der Waals surface area contributed by atoms with Crippen molar-refractivity contribution < 1.29 is 24.5 Å². The molecule has 102 valence electrons. The molecule has 0 saturated carbocycles. The summed E-state index contributed by atoms with van der Waals surface area (Å²) in [6.45, 7) is 1.08. The van der Waals surface area contributed by atoms with Gasteiger partial charge in [-0.05, 0) is 31.0 Å². The van der Waals surface area contributed by atoms with Crippen molar-refractivity contribution in [1.82, 2.24) is 0 Å². The van der Waals surface area contributed by atoms with E-state index in [-0.39, 0.29) is 28.8 Å². The quantitative estimate of drug-likeness (QED) is 0.719. The van der Waals surface area contributed by atoms with Crippen LogP contribution in [0.25, 0.3) is 0 Å². The number of hydrogen-bond acceptors (Lipinski definition) is 4. The first-order chi connectivity index (χ1) is 9.08. The molecule has 0 aromatic heterocycles. The Labute approximate surface area is 110 Å². The maximum Gasteiger partial charge on any atom is 0.337 e. The van der Waals surface area contributed by atoms with E-state index in [1.807, 2.05) is 0 Å². The highest BCUT2D eigenvalue weighted by Crippen LogP contribution is 2.23. The Bertz CT molecular complexity index is 494. The summed E-state index contributed by atoms with van der Waals surface area (Å²) in [5, 5.41) is 20.9. The van der Waals surface area contributed by atoms with Crippen LogP contribution < -0.4 is 5.32 Å². The fourth-order valence-electron chi connectivity index (χ4n) is 2.01. The van der Waals surface area contributed by atoms with Crippen molar-refractivity contribution in [3.05, 3.63) is 23.8 Å². The lowest BCUT2D eigenvalue weighted by Gasteiger charge is -2.21. The summed E-state index contributed by atoms with van der Waals surface area (Å²) in [5.74, 6) is -1.72. The van der Waals surface area contributed by atoms with Gasteiger partial charge in [0.2, 0.25) is 5.91 Å². The SMILES string of the molecule is O=C(O)c1cc(O)ccc1NC(=O)C1CCOCC1. The summed E-state index contributed by atoms with van der Waals surface area (Å²) in [5.41, 5.74) is 0.0715. The number of benzene rings is 1. The van der Waals surface area contributed by atoms with Crippen LogP contribution in [0, 0.1) is 5.92 Å². The molecule has 1 aromatic carbocycles.